The number of hydrogen-bond donors (Lipinski definition) is 2. The van der Waals surface area contributed by atoms with Crippen molar-refractivity contribution in [2.75, 3.05) is 10.6 Å². The molecule has 0 spiro atoms. The third-order valence-corrected chi connectivity index (χ3v) is 5.23. The van der Waals surface area contributed by atoms with Crippen molar-refractivity contribution >= 4 is 35.1 Å². The molecule has 0 saturated heterocycles. The summed E-state index contributed by atoms with van der Waals surface area (Å²) in [6, 6.07) is 4.95. The molecule has 0 aliphatic carbocycles. The lowest BCUT2D eigenvalue weighted by Crippen LogP contribution is -2.19. The molecule has 0 saturated carbocycles. The Hall–Kier alpha value is -4.59. The SMILES string of the molecule is C[C@@H](OC(=O)Nc1c(-c2ccc(C(=O)Nc3ccnc(Cl)c3F)cn2)nnn1C)c1cc(F)cnc1F. The molecular formula is C22H16ClF3N8O3. The average molecular weight is 533 g/mol. The number of pyridine rings is 3. The van der Waals surface area contributed by atoms with E-state index in [9.17, 15) is 22.8 Å². The van der Waals surface area contributed by atoms with Gasteiger partial charge in [-0.1, -0.05) is 16.8 Å². The summed E-state index contributed by atoms with van der Waals surface area (Å²) < 4.78 is 47.6. The summed E-state index contributed by atoms with van der Waals surface area (Å²) in [7, 11) is 1.49. The molecule has 11 nitrogen and oxygen atoms in total. The number of ether oxygens (including phenoxy) is 1. The van der Waals surface area contributed by atoms with Crippen molar-refractivity contribution in [3.63, 3.8) is 0 Å². The van der Waals surface area contributed by atoms with Crippen molar-refractivity contribution in [2.24, 2.45) is 7.05 Å². The Labute approximate surface area is 211 Å². The van der Waals surface area contributed by atoms with Crippen LogP contribution in [0.2, 0.25) is 5.15 Å². The predicted molar refractivity (Wildman–Crippen MR) is 124 cm³/mol. The van der Waals surface area contributed by atoms with E-state index in [-0.39, 0.29) is 39.2 Å². The number of carbonyl (C=O) groups excluding carboxylic acids is 2. The van der Waals surface area contributed by atoms with E-state index >= 15 is 0 Å². The van der Waals surface area contributed by atoms with Crippen molar-refractivity contribution in [1.82, 2.24) is 29.9 Å². The van der Waals surface area contributed by atoms with Crippen LogP contribution in [0, 0.1) is 17.6 Å². The zero-order valence-corrected chi connectivity index (χ0v) is 19.8. The van der Waals surface area contributed by atoms with Gasteiger partial charge >= 0.3 is 6.09 Å². The Kier molecular flexibility index (Phi) is 7.29. The fourth-order valence-electron chi connectivity index (χ4n) is 3.12. The monoisotopic (exact) mass is 532 g/mol. The minimum absolute atomic E-state index is 0.0771. The topological polar surface area (TPSA) is 137 Å². The van der Waals surface area contributed by atoms with Crippen molar-refractivity contribution in [1.29, 1.82) is 0 Å². The molecule has 0 aliphatic heterocycles. The van der Waals surface area contributed by atoms with E-state index in [1.54, 1.807) is 0 Å². The summed E-state index contributed by atoms with van der Waals surface area (Å²) in [4.78, 5) is 35.9. The lowest BCUT2D eigenvalue weighted by molar-refractivity contribution is 0.102. The van der Waals surface area contributed by atoms with Crippen molar-refractivity contribution < 1.29 is 27.5 Å². The fraction of sp³-hybridized carbons (Fsp3) is 0.136. The zero-order chi connectivity index (χ0) is 26.7. The molecule has 4 heterocycles. The molecule has 0 aliphatic rings. The van der Waals surface area contributed by atoms with Crippen LogP contribution in [-0.2, 0) is 11.8 Å². The molecule has 0 unspecified atom stereocenters. The van der Waals surface area contributed by atoms with Crippen LogP contribution in [0.15, 0.2) is 42.9 Å². The van der Waals surface area contributed by atoms with Crippen LogP contribution in [0.5, 0.6) is 0 Å². The second-order valence-corrected chi connectivity index (χ2v) is 7.82. The zero-order valence-electron chi connectivity index (χ0n) is 19.0. The van der Waals surface area contributed by atoms with E-state index in [0.717, 1.165) is 6.07 Å². The Morgan fingerprint density at radius 3 is 2.59 bits per heavy atom. The number of nitrogens with zero attached hydrogens (tertiary/aromatic N) is 6. The van der Waals surface area contributed by atoms with E-state index in [1.165, 1.54) is 49.2 Å². The fourth-order valence-corrected chi connectivity index (χ4v) is 3.28. The Balaban J connectivity index is 1.47. The molecule has 2 N–H and O–H groups in total. The van der Waals surface area contributed by atoms with E-state index in [4.69, 9.17) is 16.3 Å². The molecule has 1 atom stereocenters. The van der Waals surface area contributed by atoms with Gasteiger partial charge in [0.05, 0.1) is 28.7 Å². The normalized spacial score (nSPS) is 11.6. The summed E-state index contributed by atoms with van der Waals surface area (Å²) in [5, 5.41) is 12.2. The van der Waals surface area contributed by atoms with Gasteiger partial charge in [-0.15, -0.1) is 5.10 Å². The molecule has 4 aromatic rings. The maximum Gasteiger partial charge on any atom is 0.413 e. The molecule has 190 valence electrons. The summed E-state index contributed by atoms with van der Waals surface area (Å²) >= 11 is 5.62. The Bertz CT molecular complexity index is 1480. The Morgan fingerprint density at radius 2 is 1.86 bits per heavy atom. The molecule has 37 heavy (non-hydrogen) atoms. The first kappa shape index (κ1) is 25.5. The summed E-state index contributed by atoms with van der Waals surface area (Å²) in [6.07, 6.45) is 0.987. The van der Waals surface area contributed by atoms with E-state index in [2.05, 4.69) is 35.9 Å². The molecule has 0 aromatic carbocycles. The van der Waals surface area contributed by atoms with Crippen LogP contribution >= 0.6 is 11.6 Å². The highest BCUT2D eigenvalue weighted by Gasteiger charge is 2.22. The van der Waals surface area contributed by atoms with Gasteiger partial charge in [-0.05, 0) is 31.2 Å². The van der Waals surface area contributed by atoms with Gasteiger partial charge in [0.2, 0.25) is 5.95 Å². The van der Waals surface area contributed by atoms with Crippen LogP contribution in [0.4, 0.5) is 29.5 Å². The maximum absolute atomic E-state index is 14.0. The van der Waals surface area contributed by atoms with Crippen LogP contribution < -0.4 is 10.6 Å². The summed E-state index contributed by atoms with van der Waals surface area (Å²) in [5.41, 5.74) is 0.0451. The van der Waals surface area contributed by atoms with Gasteiger partial charge < -0.3 is 10.1 Å². The predicted octanol–water partition coefficient (Wildman–Crippen LogP) is 4.30. The van der Waals surface area contributed by atoms with Gasteiger partial charge in [0.1, 0.15) is 11.9 Å². The minimum Gasteiger partial charge on any atom is -0.441 e. The van der Waals surface area contributed by atoms with Crippen molar-refractivity contribution in [3.8, 4) is 11.4 Å². The number of carbonyl (C=O) groups is 2. The minimum atomic E-state index is -1.16. The van der Waals surface area contributed by atoms with E-state index in [1.807, 2.05) is 0 Å². The number of nitrogens with one attached hydrogen (secondary N) is 2. The smallest absolute Gasteiger partial charge is 0.413 e. The summed E-state index contributed by atoms with van der Waals surface area (Å²) in [5.74, 6) is -3.23. The number of aryl methyl sites for hydroxylation is 1. The van der Waals surface area contributed by atoms with Gasteiger partial charge in [-0.3, -0.25) is 15.1 Å². The van der Waals surface area contributed by atoms with Crippen molar-refractivity contribution in [2.45, 2.75) is 13.0 Å². The third-order valence-electron chi connectivity index (χ3n) is 4.97. The lowest BCUT2D eigenvalue weighted by Gasteiger charge is -2.15. The molecule has 0 fully saturated rings. The molecule has 0 bridgehead atoms. The number of aromatic nitrogens is 6. The molecule has 2 amide bonds. The Morgan fingerprint density at radius 1 is 1.08 bits per heavy atom. The van der Waals surface area contributed by atoms with Crippen LogP contribution in [0.25, 0.3) is 11.4 Å². The van der Waals surface area contributed by atoms with Gasteiger partial charge in [0.25, 0.3) is 5.91 Å². The first-order chi connectivity index (χ1) is 17.6. The van der Waals surface area contributed by atoms with Crippen LogP contribution in [0.1, 0.15) is 28.9 Å². The standard InChI is InChI=1S/C22H16ClF3N8O3/c1-10(13-7-12(24)9-29-19(13)26)37-22(36)31-20-17(32-33-34(20)2)15-4-3-11(8-28-15)21(35)30-14-5-6-27-18(23)16(14)25/h3-10H,1-2H3,(H,31,36)(H,27,30,35)/t10-/m1/s1. The highest BCUT2D eigenvalue weighted by Crippen LogP contribution is 2.26. The van der Waals surface area contributed by atoms with Gasteiger partial charge in [-0.25, -0.2) is 28.2 Å². The number of amides is 2. The quantitative estimate of drug-likeness (QED) is 0.351. The second-order valence-electron chi connectivity index (χ2n) is 7.47. The van der Waals surface area contributed by atoms with Crippen molar-refractivity contribution in [3.05, 3.63) is 76.7 Å². The number of anilines is 2. The molecule has 4 rings (SSSR count). The molecule has 15 heteroatoms. The highest BCUT2D eigenvalue weighted by molar-refractivity contribution is 6.29. The average Bonchev–Trinajstić information content (AvgIpc) is 3.23. The second kappa shape index (κ2) is 10.6. The molecule has 4 aromatic heterocycles. The largest absolute Gasteiger partial charge is 0.441 e. The molecular weight excluding hydrogens is 517 g/mol. The number of hydrogen-bond acceptors (Lipinski definition) is 8. The van der Waals surface area contributed by atoms with Crippen LogP contribution in [0.3, 0.4) is 0 Å². The third kappa shape index (κ3) is 5.64. The van der Waals surface area contributed by atoms with Gasteiger partial charge in [0.15, 0.2) is 22.5 Å². The molecule has 0 radical (unpaired) electrons. The van der Waals surface area contributed by atoms with E-state index < -0.39 is 35.7 Å². The highest BCUT2D eigenvalue weighted by atomic mass is 35.5. The first-order valence-electron chi connectivity index (χ1n) is 10.4. The number of rotatable bonds is 6. The van der Waals surface area contributed by atoms with Crippen LogP contribution in [-0.4, -0.2) is 41.9 Å². The van der Waals surface area contributed by atoms with Gasteiger partial charge in [0, 0.05) is 19.4 Å². The first-order valence-corrected chi connectivity index (χ1v) is 10.8. The summed E-state index contributed by atoms with van der Waals surface area (Å²) in [6.45, 7) is 1.35. The lowest BCUT2D eigenvalue weighted by atomic mass is 10.2. The maximum atomic E-state index is 14.0. The van der Waals surface area contributed by atoms with Gasteiger partial charge in [-0.2, -0.15) is 4.39 Å². The number of halogens is 4. The van der Waals surface area contributed by atoms with E-state index in [0.29, 0.717) is 6.20 Å².